The van der Waals surface area contributed by atoms with E-state index in [4.69, 9.17) is 5.73 Å². The third-order valence-electron chi connectivity index (χ3n) is 4.63. The predicted octanol–water partition coefficient (Wildman–Crippen LogP) is 4.98. The highest BCUT2D eigenvalue weighted by Gasteiger charge is 2.07. The topological polar surface area (TPSA) is 74.4 Å². The zero-order valence-electron chi connectivity index (χ0n) is 17.1. The largest absolute Gasteiger partial charge is 0.508 e. The number of unbranched alkanes of at least 4 members (excludes halogenated alkanes) is 3. The summed E-state index contributed by atoms with van der Waals surface area (Å²) in [7, 11) is 0. The Kier molecular flexibility index (Phi) is 10.2. The van der Waals surface area contributed by atoms with Crippen LogP contribution in [0.15, 0.2) is 42.7 Å². The number of hydrogen-bond acceptors (Lipinski definition) is 6. The molecule has 2 rings (SSSR count). The number of nitrogens with zero attached hydrogens (tertiary/aromatic N) is 2. The van der Waals surface area contributed by atoms with E-state index in [0.29, 0.717) is 5.75 Å². The van der Waals surface area contributed by atoms with E-state index < -0.39 is 0 Å². The summed E-state index contributed by atoms with van der Waals surface area (Å²) in [5.41, 5.74) is 9.03. The molecule has 0 radical (unpaired) electrons. The van der Waals surface area contributed by atoms with E-state index in [1.807, 2.05) is 43.6 Å². The van der Waals surface area contributed by atoms with Crippen LogP contribution >= 0.6 is 12.1 Å². The summed E-state index contributed by atoms with van der Waals surface area (Å²) < 4.78 is 5.76. The van der Waals surface area contributed by atoms with Gasteiger partial charge in [-0.15, -0.1) is 0 Å². The standard InChI is InChI=1S/C22H34N4OS/c1-3-16-26(20-11-14-24-15-12-20)28-25-13-7-5-4-6-8-19-9-10-21(18(2)23)22(27)17-19/h9-12,14-15,17-18,25,27H,3-8,13,16,23H2,1-2H3. The number of aryl methyl sites for hydroxylation is 1. The van der Waals surface area contributed by atoms with Gasteiger partial charge < -0.3 is 15.1 Å². The molecule has 0 aliphatic rings. The summed E-state index contributed by atoms with van der Waals surface area (Å²) in [5.74, 6) is 0.319. The highest BCUT2D eigenvalue weighted by molar-refractivity contribution is 7.98. The number of hydrogen-bond donors (Lipinski definition) is 3. The second-order valence-electron chi connectivity index (χ2n) is 7.14. The fourth-order valence-corrected chi connectivity index (χ4v) is 3.97. The lowest BCUT2D eigenvalue weighted by Crippen LogP contribution is -2.22. The maximum Gasteiger partial charge on any atom is 0.120 e. The van der Waals surface area contributed by atoms with Crippen LogP contribution in [0.2, 0.25) is 0 Å². The number of benzene rings is 1. The third-order valence-corrected chi connectivity index (χ3v) is 5.58. The molecule has 0 aliphatic carbocycles. The Morgan fingerprint density at radius 2 is 1.89 bits per heavy atom. The van der Waals surface area contributed by atoms with E-state index >= 15 is 0 Å². The van der Waals surface area contributed by atoms with Gasteiger partial charge in [0, 0.05) is 49.2 Å². The number of aromatic nitrogens is 1. The molecule has 1 aromatic carbocycles. The molecule has 1 aromatic heterocycles. The molecule has 0 spiro atoms. The van der Waals surface area contributed by atoms with Crippen molar-refractivity contribution in [2.45, 2.75) is 58.4 Å². The van der Waals surface area contributed by atoms with E-state index in [2.05, 4.69) is 27.0 Å². The van der Waals surface area contributed by atoms with Crippen molar-refractivity contribution in [2.75, 3.05) is 17.4 Å². The minimum absolute atomic E-state index is 0.133. The molecule has 0 fully saturated rings. The predicted molar refractivity (Wildman–Crippen MR) is 120 cm³/mol. The summed E-state index contributed by atoms with van der Waals surface area (Å²) in [5, 5.41) is 10.0. The molecule has 0 saturated carbocycles. The van der Waals surface area contributed by atoms with E-state index in [1.165, 1.54) is 24.1 Å². The first kappa shape index (κ1) is 22.5. The SMILES string of the molecule is CCCN(SNCCCCCCc1ccc(C(C)N)c(O)c1)c1ccncc1. The van der Waals surface area contributed by atoms with Crippen molar-refractivity contribution in [3.8, 4) is 5.75 Å². The van der Waals surface area contributed by atoms with Crippen LogP contribution in [0.3, 0.4) is 0 Å². The van der Waals surface area contributed by atoms with Gasteiger partial charge in [-0.25, -0.2) is 4.72 Å². The third kappa shape index (κ3) is 7.70. The fraction of sp³-hybridized carbons (Fsp3) is 0.500. The smallest absolute Gasteiger partial charge is 0.120 e. The molecule has 5 nitrogen and oxygen atoms in total. The number of phenolic OH excluding ortho intramolecular Hbond substituents is 1. The Bertz CT molecular complexity index is 681. The van der Waals surface area contributed by atoms with Crippen LogP contribution in [0, 0.1) is 0 Å². The van der Waals surface area contributed by atoms with Gasteiger partial charge in [0.25, 0.3) is 0 Å². The van der Waals surface area contributed by atoms with Crippen LogP contribution in [-0.4, -0.2) is 23.2 Å². The maximum atomic E-state index is 10.0. The van der Waals surface area contributed by atoms with Crippen molar-refractivity contribution in [1.29, 1.82) is 0 Å². The zero-order valence-corrected chi connectivity index (χ0v) is 17.9. The summed E-state index contributed by atoms with van der Waals surface area (Å²) in [6.45, 7) is 6.09. The lowest BCUT2D eigenvalue weighted by atomic mass is 10.0. The second kappa shape index (κ2) is 12.6. The number of pyridine rings is 1. The Hall–Kier alpha value is -1.76. The van der Waals surface area contributed by atoms with Gasteiger partial charge in [-0.05, 0) is 56.4 Å². The number of aromatic hydroxyl groups is 1. The van der Waals surface area contributed by atoms with E-state index in [0.717, 1.165) is 44.3 Å². The van der Waals surface area contributed by atoms with Crippen LogP contribution in [0.1, 0.15) is 63.1 Å². The zero-order chi connectivity index (χ0) is 20.2. The molecule has 4 N–H and O–H groups in total. The van der Waals surface area contributed by atoms with Crippen molar-refractivity contribution in [2.24, 2.45) is 5.73 Å². The second-order valence-corrected chi connectivity index (χ2v) is 8.05. The number of nitrogens with two attached hydrogens (primary N) is 1. The quantitative estimate of drug-likeness (QED) is 0.324. The Balaban J connectivity index is 1.58. The summed E-state index contributed by atoms with van der Waals surface area (Å²) in [6, 6.07) is 9.84. The molecule has 0 bridgehead atoms. The van der Waals surface area contributed by atoms with Crippen molar-refractivity contribution in [3.63, 3.8) is 0 Å². The first-order valence-electron chi connectivity index (χ1n) is 10.3. The highest BCUT2D eigenvalue weighted by atomic mass is 32.2. The minimum Gasteiger partial charge on any atom is -0.508 e. The first-order chi connectivity index (χ1) is 13.6. The summed E-state index contributed by atoms with van der Waals surface area (Å²) in [6.07, 6.45) is 10.5. The normalized spacial score (nSPS) is 12.1. The van der Waals surface area contributed by atoms with E-state index in [-0.39, 0.29) is 6.04 Å². The average Bonchev–Trinajstić information content (AvgIpc) is 2.69. The van der Waals surface area contributed by atoms with Crippen LogP contribution < -0.4 is 14.8 Å². The molecule has 0 aliphatic heterocycles. The lowest BCUT2D eigenvalue weighted by Gasteiger charge is -2.22. The molecule has 2 aromatic rings. The van der Waals surface area contributed by atoms with Crippen molar-refractivity contribution < 1.29 is 5.11 Å². The lowest BCUT2D eigenvalue weighted by molar-refractivity contribution is 0.462. The summed E-state index contributed by atoms with van der Waals surface area (Å²) in [4.78, 5) is 4.09. The van der Waals surface area contributed by atoms with Gasteiger partial charge in [0.15, 0.2) is 0 Å². The number of rotatable bonds is 13. The van der Waals surface area contributed by atoms with Gasteiger partial charge in [-0.1, -0.05) is 31.9 Å². The minimum atomic E-state index is -0.133. The van der Waals surface area contributed by atoms with E-state index in [9.17, 15) is 5.11 Å². The molecule has 1 heterocycles. The molecule has 0 saturated heterocycles. The number of nitrogens with one attached hydrogen (secondary N) is 1. The van der Waals surface area contributed by atoms with Crippen LogP contribution in [0.4, 0.5) is 5.69 Å². The Morgan fingerprint density at radius 1 is 1.14 bits per heavy atom. The monoisotopic (exact) mass is 402 g/mol. The molecule has 1 unspecified atom stereocenters. The summed E-state index contributed by atoms with van der Waals surface area (Å²) >= 11 is 1.68. The fourth-order valence-electron chi connectivity index (χ4n) is 3.07. The number of anilines is 1. The van der Waals surface area contributed by atoms with Gasteiger partial charge in [0.05, 0.1) is 5.69 Å². The van der Waals surface area contributed by atoms with Crippen LogP contribution in [-0.2, 0) is 6.42 Å². The number of phenols is 1. The maximum absolute atomic E-state index is 10.0. The molecule has 6 heteroatoms. The van der Waals surface area contributed by atoms with Crippen LogP contribution in [0.25, 0.3) is 0 Å². The molecule has 0 amide bonds. The van der Waals surface area contributed by atoms with Gasteiger partial charge in [-0.2, -0.15) is 0 Å². The van der Waals surface area contributed by atoms with Gasteiger partial charge in [0.1, 0.15) is 5.75 Å². The Morgan fingerprint density at radius 3 is 2.57 bits per heavy atom. The molecule has 154 valence electrons. The molecule has 1 atom stereocenters. The molecular weight excluding hydrogens is 368 g/mol. The average molecular weight is 403 g/mol. The Labute approximate surface area is 174 Å². The first-order valence-corrected chi connectivity index (χ1v) is 11.0. The van der Waals surface area contributed by atoms with Crippen LogP contribution in [0.5, 0.6) is 5.75 Å². The van der Waals surface area contributed by atoms with Gasteiger partial charge >= 0.3 is 0 Å². The van der Waals surface area contributed by atoms with E-state index in [1.54, 1.807) is 12.1 Å². The molecular formula is C22H34N4OS. The van der Waals surface area contributed by atoms with Gasteiger partial charge in [-0.3, -0.25) is 4.98 Å². The highest BCUT2D eigenvalue weighted by Crippen LogP contribution is 2.24. The molecule has 28 heavy (non-hydrogen) atoms. The van der Waals surface area contributed by atoms with Crippen molar-refractivity contribution in [3.05, 3.63) is 53.9 Å². The van der Waals surface area contributed by atoms with Crippen molar-refractivity contribution in [1.82, 2.24) is 9.71 Å². The van der Waals surface area contributed by atoms with Crippen molar-refractivity contribution >= 4 is 17.8 Å². The van der Waals surface area contributed by atoms with Gasteiger partial charge in [0.2, 0.25) is 0 Å².